The number of hydrogen-bond acceptors (Lipinski definition) is 3. The number of primary amides is 1. The van der Waals surface area contributed by atoms with Crippen molar-refractivity contribution in [2.45, 2.75) is 63.9 Å². The highest BCUT2D eigenvalue weighted by Crippen LogP contribution is 2.62. The number of aliphatic hydroxyl groups is 2. The van der Waals surface area contributed by atoms with E-state index in [1.54, 1.807) is 6.07 Å². The van der Waals surface area contributed by atoms with Crippen LogP contribution < -0.4 is 5.73 Å². The van der Waals surface area contributed by atoms with Gasteiger partial charge in [-0.05, 0) is 108 Å². The van der Waals surface area contributed by atoms with Crippen molar-refractivity contribution in [3.8, 4) is 0 Å². The van der Waals surface area contributed by atoms with Crippen LogP contribution >= 0.6 is 0 Å². The van der Waals surface area contributed by atoms with Crippen molar-refractivity contribution in [2.75, 3.05) is 6.61 Å². The molecule has 0 spiro atoms. The average molecular weight is 434 g/mol. The molecule has 2 aromatic rings. The van der Waals surface area contributed by atoms with Crippen LogP contribution in [0.15, 0.2) is 42.5 Å². The summed E-state index contributed by atoms with van der Waals surface area (Å²) in [6, 6.07) is 14.4. The number of benzene rings is 2. The summed E-state index contributed by atoms with van der Waals surface area (Å²) in [6.07, 6.45) is 6.78. The SMILES string of the molecule is C[C@]12CCC3c4ccc(CCO)cc4CCC3C1C[C@H](Cc1cccc(C(N)=O)c1)[C@@H]2O. The Morgan fingerprint density at radius 1 is 1.16 bits per heavy atom. The molecule has 4 N–H and O–H groups in total. The smallest absolute Gasteiger partial charge is 0.248 e. The Hall–Kier alpha value is -2.17. The Kier molecular flexibility index (Phi) is 5.63. The molecule has 0 saturated heterocycles. The fraction of sp³-hybridized carbons (Fsp3) is 0.536. The molecule has 3 unspecified atom stereocenters. The fourth-order valence-electron chi connectivity index (χ4n) is 7.42. The minimum atomic E-state index is -0.398. The van der Waals surface area contributed by atoms with Gasteiger partial charge in [0.2, 0.25) is 5.91 Å². The average Bonchev–Trinajstić information content (AvgIpc) is 3.04. The molecular weight excluding hydrogens is 398 g/mol. The number of amides is 1. The van der Waals surface area contributed by atoms with Crippen molar-refractivity contribution in [1.82, 2.24) is 0 Å². The summed E-state index contributed by atoms with van der Waals surface area (Å²) < 4.78 is 0. The van der Waals surface area contributed by atoms with Crippen LogP contribution in [0.1, 0.15) is 71.1 Å². The molecule has 3 aliphatic carbocycles. The lowest BCUT2D eigenvalue weighted by Crippen LogP contribution is -2.44. The summed E-state index contributed by atoms with van der Waals surface area (Å²) >= 11 is 0. The fourth-order valence-corrected chi connectivity index (χ4v) is 7.42. The van der Waals surface area contributed by atoms with E-state index in [0.717, 1.165) is 44.1 Å². The minimum absolute atomic E-state index is 0.0263. The molecule has 6 atom stereocenters. The summed E-state index contributed by atoms with van der Waals surface area (Å²) in [7, 11) is 0. The second-order valence-corrected chi connectivity index (χ2v) is 10.7. The lowest BCUT2D eigenvalue weighted by Gasteiger charge is -2.50. The van der Waals surface area contributed by atoms with Crippen LogP contribution in [0.3, 0.4) is 0 Å². The van der Waals surface area contributed by atoms with Crippen LogP contribution in [0.4, 0.5) is 0 Å². The molecule has 4 nitrogen and oxygen atoms in total. The maximum absolute atomic E-state index is 11.6. The van der Waals surface area contributed by atoms with Gasteiger partial charge < -0.3 is 15.9 Å². The van der Waals surface area contributed by atoms with Crippen molar-refractivity contribution < 1.29 is 15.0 Å². The number of carbonyl (C=O) groups is 1. The van der Waals surface area contributed by atoms with Crippen molar-refractivity contribution in [3.63, 3.8) is 0 Å². The zero-order chi connectivity index (χ0) is 22.5. The van der Waals surface area contributed by atoms with Crippen LogP contribution in [0, 0.1) is 23.2 Å². The first-order valence-corrected chi connectivity index (χ1v) is 12.2. The lowest BCUT2D eigenvalue weighted by atomic mass is 9.55. The summed E-state index contributed by atoms with van der Waals surface area (Å²) in [4.78, 5) is 11.6. The van der Waals surface area contributed by atoms with Gasteiger partial charge in [0.15, 0.2) is 0 Å². The number of aliphatic hydroxyl groups excluding tert-OH is 2. The number of fused-ring (bicyclic) bond motifs is 5. The summed E-state index contributed by atoms with van der Waals surface area (Å²) in [5.41, 5.74) is 11.3. The predicted octanol–water partition coefficient (Wildman–Crippen LogP) is 4.01. The molecule has 0 aromatic heterocycles. The van der Waals surface area contributed by atoms with E-state index in [2.05, 4.69) is 25.1 Å². The van der Waals surface area contributed by atoms with E-state index in [1.165, 1.54) is 23.1 Å². The number of carbonyl (C=O) groups excluding carboxylic acids is 1. The number of hydrogen-bond donors (Lipinski definition) is 3. The van der Waals surface area contributed by atoms with E-state index in [0.29, 0.717) is 23.3 Å². The van der Waals surface area contributed by atoms with Gasteiger partial charge in [0.05, 0.1) is 6.10 Å². The van der Waals surface area contributed by atoms with Gasteiger partial charge in [0.1, 0.15) is 0 Å². The van der Waals surface area contributed by atoms with E-state index in [4.69, 9.17) is 5.73 Å². The van der Waals surface area contributed by atoms with Crippen molar-refractivity contribution >= 4 is 5.91 Å². The third kappa shape index (κ3) is 3.58. The number of aryl methyl sites for hydroxylation is 1. The zero-order valence-electron chi connectivity index (χ0n) is 19.0. The topological polar surface area (TPSA) is 83.5 Å². The van der Waals surface area contributed by atoms with Crippen LogP contribution in [0.25, 0.3) is 0 Å². The van der Waals surface area contributed by atoms with Gasteiger partial charge in [-0.2, -0.15) is 0 Å². The number of nitrogens with two attached hydrogens (primary N) is 1. The van der Waals surface area contributed by atoms with Gasteiger partial charge in [-0.3, -0.25) is 4.79 Å². The molecular formula is C28H35NO3. The highest BCUT2D eigenvalue weighted by atomic mass is 16.3. The van der Waals surface area contributed by atoms with Crippen molar-refractivity contribution in [1.29, 1.82) is 0 Å². The monoisotopic (exact) mass is 433 g/mol. The third-order valence-electron chi connectivity index (χ3n) is 9.02. The molecule has 32 heavy (non-hydrogen) atoms. The van der Waals surface area contributed by atoms with E-state index >= 15 is 0 Å². The lowest BCUT2D eigenvalue weighted by molar-refractivity contribution is -0.0325. The molecule has 4 heteroatoms. The Bertz CT molecular complexity index is 1020. The van der Waals surface area contributed by atoms with Gasteiger partial charge in [0.25, 0.3) is 0 Å². The molecule has 2 aromatic carbocycles. The Balaban J connectivity index is 1.38. The highest BCUT2D eigenvalue weighted by Gasteiger charge is 2.57. The Labute approximate surface area is 190 Å². The molecule has 2 fully saturated rings. The Morgan fingerprint density at radius 2 is 2.00 bits per heavy atom. The zero-order valence-corrected chi connectivity index (χ0v) is 19.0. The first-order chi connectivity index (χ1) is 15.4. The van der Waals surface area contributed by atoms with Crippen LogP contribution in [-0.4, -0.2) is 28.8 Å². The molecule has 3 aliphatic rings. The van der Waals surface area contributed by atoms with Gasteiger partial charge in [0, 0.05) is 12.2 Å². The van der Waals surface area contributed by atoms with E-state index < -0.39 is 5.91 Å². The van der Waals surface area contributed by atoms with Gasteiger partial charge in [-0.15, -0.1) is 0 Å². The second-order valence-electron chi connectivity index (χ2n) is 10.7. The standard InChI is InChI=1S/C28H35NO3/c1-28-11-9-23-22-7-5-17(10-12-30)13-19(22)6-8-24(23)25(28)16-21(26(28)31)15-18-3-2-4-20(14-18)27(29)32/h2-5,7,13-14,21,23-26,30-31H,6,8-12,15-16H2,1H3,(H2,29,32)/t21-,23?,24?,25?,26-,28-/m0/s1. The van der Waals surface area contributed by atoms with Crippen molar-refractivity contribution in [2.24, 2.45) is 28.9 Å². The largest absolute Gasteiger partial charge is 0.396 e. The van der Waals surface area contributed by atoms with E-state index in [1.807, 2.05) is 18.2 Å². The normalized spacial score (nSPS) is 33.3. The first-order valence-electron chi connectivity index (χ1n) is 12.2. The maximum Gasteiger partial charge on any atom is 0.248 e. The molecule has 0 bridgehead atoms. The van der Waals surface area contributed by atoms with Crippen LogP contribution in [0.2, 0.25) is 0 Å². The predicted molar refractivity (Wildman–Crippen MR) is 125 cm³/mol. The van der Waals surface area contributed by atoms with Crippen LogP contribution in [-0.2, 0) is 19.3 Å². The van der Waals surface area contributed by atoms with E-state index in [9.17, 15) is 15.0 Å². The first kappa shape index (κ1) is 21.7. The molecule has 0 radical (unpaired) electrons. The minimum Gasteiger partial charge on any atom is -0.396 e. The quantitative estimate of drug-likeness (QED) is 0.666. The second kappa shape index (κ2) is 8.31. The maximum atomic E-state index is 11.6. The molecule has 170 valence electrons. The number of rotatable bonds is 5. The van der Waals surface area contributed by atoms with Crippen molar-refractivity contribution in [3.05, 3.63) is 70.3 Å². The molecule has 2 saturated carbocycles. The Morgan fingerprint density at radius 3 is 2.78 bits per heavy atom. The van der Waals surface area contributed by atoms with Gasteiger partial charge >= 0.3 is 0 Å². The summed E-state index contributed by atoms with van der Waals surface area (Å²) in [5.74, 6) is 1.57. The molecule has 0 aliphatic heterocycles. The summed E-state index contributed by atoms with van der Waals surface area (Å²) in [5, 5.41) is 20.7. The summed E-state index contributed by atoms with van der Waals surface area (Å²) in [6.45, 7) is 2.52. The molecule has 0 heterocycles. The molecule has 5 rings (SSSR count). The van der Waals surface area contributed by atoms with E-state index in [-0.39, 0.29) is 24.0 Å². The van der Waals surface area contributed by atoms with Gasteiger partial charge in [-0.1, -0.05) is 37.3 Å². The van der Waals surface area contributed by atoms with Crippen LogP contribution in [0.5, 0.6) is 0 Å². The van der Waals surface area contributed by atoms with Gasteiger partial charge in [-0.25, -0.2) is 0 Å². The molecule has 1 amide bonds. The third-order valence-corrected chi connectivity index (χ3v) is 9.02. The highest BCUT2D eigenvalue weighted by molar-refractivity contribution is 5.92.